The predicted octanol–water partition coefficient (Wildman–Crippen LogP) is 4.10. The second-order valence-corrected chi connectivity index (χ2v) is 6.39. The molecule has 0 atom stereocenters. The molecule has 120 valence electrons. The van der Waals surface area contributed by atoms with Crippen LogP contribution in [0.1, 0.15) is 51.7 Å². The van der Waals surface area contributed by atoms with Gasteiger partial charge in [0, 0.05) is 6.54 Å². The molecule has 2 nitrogen and oxygen atoms in total. The van der Waals surface area contributed by atoms with E-state index in [2.05, 4.69) is 62.2 Å². The third-order valence-electron chi connectivity index (χ3n) is 3.85. The van der Waals surface area contributed by atoms with Crippen LogP contribution in [0.25, 0.3) is 0 Å². The third-order valence-corrected chi connectivity index (χ3v) is 3.85. The lowest BCUT2D eigenvalue weighted by Gasteiger charge is -2.20. The van der Waals surface area contributed by atoms with Crippen LogP contribution in [0.5, 0.6) is 0 Å². The first-order chi connectivity index (χ1) is 10.2. The molecule has 1 N–H and O–H groups in total. The molecule has 0 aromatic heterocycles. The molecule has 0 saturated carbocycles. The van der Waals surface area contributed by atoms with Crippen molar-refractivity contribution in [3.8, 4) is 0 Å². The molecule has 0 radical (unpaired) electrons. The molecule has 1 aromatic rings. The summed E-state index contributed by atoms with van der Waals surface area (Å²) in [4.78, 5) is 2.53. The molecule has 0 bridgehead atoms. The number of nitrogens with zero attached hydrogens (tertiary/aromatic N) is 1. The fourth-order valence-corrected chi connectivity index (χ4v) is 2.42. The lowest BCUT2D eigenvalue weighted by molar-refractivity contribution is 0.275. The van der Waals surface area contributed by atoms with Gasteiger partial charge in [-0.15, -0.1) is 0 Å². The highest BCUT2D eigenvalue weighted by atomic mass is 15.1. The highest BCUT2D eigenvalue weighted by Crippen LogP contribution is 2.09. The maximum Gasteiger partial charge on any atom is 0.0233 e. The number of benzene rings is 1. The van der Waals surface area contributed by atoms with Crippen LogP contribution in [0.4, 0.5) is 0 Å². The summed E-state index contributed by atoms with van der Waals surface area (Å²) in [6, 6.07) is 9.18. The second kappa shape index (κ2) is 10.8. The second-order valence-electron chi connectivity index (χ2n) is 6.39. The summed E-state index contributed by atoms with van der Waals surface area (Å²) in [5.74, 6) is 0.732. The summed E-state index contributed by atoms with van der Waals surface area (Å²) in [5, 5.41) is 3.50. The average Bonchev–Trinajstić information content (AvgIpc) is 2.49. The van der Waals surface area contributed by atoms with E-state index >= 15 is 0 Å². The predicted molar refractivity (Wildman–Crippen MR) is 93.7 cm³/mol. The van der Waals surface area contributed by atoms with Crippen LogP contribution in [-0.4, -0.2) is 31.1 Å². The average molecular weight is 290 g/mol. The summed E-state index contributed by atoms with van der Waals surface area (Å²) >= 11 is 0. The van der Waals surface area contributed by atoms with Gasteiger partial charge in [0.15, 0.2) is 0 Å². The quantitative estimate of drug-likeness (QED) is 0.617. The molecule has 0 heterocycles. The van der Waals surface area contributed by atoms with Gasteiger partial charge in [-0.05, 0) is 56.1 Å². The van der Waals surface area contributed by atoms with Crippen molar-refractivity contribution in [2.24, 2.45) is 5.92 Å². The molecule has 0 fully saturated rings. The van der Waals surface area contributed by atoms with Crippen LogP contribution in [-0.2, 0) is 13.0 Å². The standard InChI is InChI=1S/C19H34N2/c1-5-7-14-21(6-2)16-19-10-8-18(9-11-19)12-13-20-15-17(3)4/h8-11,17,20H,5-7,12-16H2,1-4H3. The van der Waals surface area contributed by atoms with E-state index in [0.717, 1.165) is 38.5 Å². The number of hydrogen-bond acceptors (Lipinski definition) is 2. The van der Waals surface area contributed by atoms with E-state index in [1.165, 1.54) is 30.5 Å². The van der Waals surface area contributed by atoms with E-state index in [-0.39, 0.29) is 0 Å². The van der Waals surface area contributed by atoms with Gasteiger partial charge in [0.25, 0.3) is 0 Å². The van der Waals surface area contributed by atoms with Crippen molar-refractivity contribution >= 4 is 0 Å². The smallest absolute Gasteiger partial charge is 0.0233 e. The number of unbranched alkanes of at least 4 members (excludes halogenated alkanes) is 1. The third kappa shape index (κ3) is 8.23. The zero-order valence-electron chi connectivity index (χ0n) is 14.5. The van der Waals surface area contributed by atoms with Gasteiger partial charge in [-0.1, -0.05) is 58.4 Å². The van der Waals surface area contributed by atoms with Gasteiger partial charge in [0.05, 0.1) is 0 Å². The molecule has 21 heavy (non-hydrogen) atoms. The topological polar surface area (TPSA) is 15.3 Å². The Morgan fingerprint density at radius 3 is 2.29 bits per heavy atom. The monoisotopic (exact) mass is 290 g/mol. The van der Waals surface area contributed by atoms with Crippen LogP contribution in [0.2, 0.25) is 0 Å². The van der Waals surface area contributed by atoms with Gasteiger partial charge >= 0.3 is 0 Å². The first-order valence-corrected chi connectivity index (χ1v) is 8.66. The van der Waals surface area contributed by atoms with Gasteiger partial charge in [0.2, 0.25) is 0 Å². The molecule has 0 unspecified atom stereocenters. The maximum atomic E-state index is 3.50. The molecule has 0 saturated heterocycles. The SMILES string of the molecule is CCCCN(CC)Cc1ccc(CCNCC(C)C)cc1. The van der Waals surface area contributed by atoms with Gasteiger partial charge in [-0.3, -0.25) is 4.90 Å². The lowest BCUT2D eigenvalue weighted by atomic mass is 10.1. The molecular formula is C19H34N2. The molecule has 2 heteroatoms. The minimum absolute atomic E-state index is 0.732. The van der Waals surface area contributed by atoms with Crippen molar-refractivity contribution in [3.63, 3.8) is 0 Å². The summed E-state index contributed by atoms with van der Waals surface area (Å²) in [6.07, 6.45) is 3.70. The van der Waals surface area contributed by atoms with Crippen molar-refractivity contribution < 1.29 is 0 Å². The van der Waals surface area contributed by atoms with Crippen molar-refractivity contribution in [1.82, 2.24) is 10.2 Å². The van der Waals surface area contributed by atoms with Crippen LogP contribution in [0.3, 0.4) is 0 Å². The Labute approximate surface area is 131 Å². The molecule has 0 spiro atoms. The molecule has 0 aliphatic carbocycles. The van der Waals surface area contributed by atoms with Crippen LogP contribution >= 0.6 is 0 Å². The van der Waals surface area contributed by atoms with E-state index in [4.69, 9.17) is 0 Å². The minimum Gasteiger partial charge on any atom is -0.316 e. The Kier molecular flexibility index (Phi) is 9.36. The molecule has 1 aromatic carbocycles. The Hall–Kier alpha value is -0.860. The van der Waals surface area contributed by atoms with Crippen molar-refractivity contribution in [2.45, 2.75) is 53.5 Å². The highest BCUT2D eigenvalue weighted by molar-refractivity contribution is 5.22. The molecular weight excluding hydrogens is 256 g/mol. The van der Waals surface area contributed by atoms with Crippen LogP contribution < -0.4 is 5.32 Å². The van der Waals surface area contributed by atoms with E-state index < -0.39 is 0 Å². The van der Waals surface area contributed by atoms with E-state index in [1.54, 1.807) is 0 Å². The number of hydrogen-bond donors (Lipinski definition) is 1. The van der Waals surface area contributed by atoms with Crippen molar-refractivity contribution in [1.29, 1.82) is 0 Å². The first kappa shape index (κ1) is 18.2. The first-order valence-electron chi connectivity index (χ1n) is 8.66. The zero-order chi connectivity index (χ0) is 15.5. The fraction of sp³-hybridized carbons (Fsp3) is 0.684. The Balaban J connectivity index is 2.35. The maximum absolute atomic E-state index is 3.50. The summed E-state index contributed by atoms with van der Waals surface area (Å²) < 4.78 is 0. The largest absolute Gasteiger partial charge is 0.316 e. The van der Waals surface area contributed by atoms with Crippen LogP contribution in [0, 0.1) is 5.92 Å². The van der Waals surface area contributed by atoms with Crippen molar-refractivity contribution in [2.75, 3.05) is 26.2 Å². The molecule has 0 amide bonds. The lowest BCUT2D eigenvalue weighted by Crippen LogP contribution is -2.24. The molecule has 0 aliphatic heterocycles. The summed E-state index contributed by atoms with van der Waals surface area (Å²) in [6.45, 7) is 14.6. The minimum atomic E-state index is 0.732. The number of rotatable bonds is 11. The Bertz CT molecular complexity index is 356. The van der Waals surface area contributed by atoms with Gasteiger partial charge < -0.3 is 5.32 Å². The zero-order valence-corrected chi connectivity index (χ0v) is 14.5. The van der Waals surface area contributed by atoms with Gasteiger partial charge in [0.1, 0.15) is 0 Å². The number of nitrogens with one attached hydrogen (secondary N) is 1. The molecule has 1 rings (SSSR count). The van der Waals surface area contributed by atoms with Crippen LogP contribution in [0.15, 0.2) is 24.3 Å². The van der Waals surface area contributed by atoms with E-state index in [0.29, 0.717) is 0 Å². The summed E-state index contributed by atoms with van der Waals surface area (Å²) in [7, 11) is 0. The summed E-state index contributed by atoms with van der Waals surface area (Å²) in [5.41, 5.74) is 2.87. The normalized spacial score (nSPS) is 11.5. The van der Waals surface area contributed by atoms with Gasteiger partial charge in [-0.25, -0.2) is 0 Å². The Morgan fingerprint density at radius 2 is 1.71 bits per heavy atom. The highest BCUT2D eigenvalue weighted by Gasteiger charge is 2.03. The fourth-order valence-electron chi connectivity index (χ4n) is 2.42. The van der Waals surface area contributed by atoms with Gasteiger partial charge in [-0.2, -0.15) is 0 Å². The Morgan fingerprint density at radius 1 is 1.05 bits per heavy atom. The van der Waals surface area contributed by atoms with E-state index in [1.807, 2.05) is 0 Å². The van der Waals surface area contributed by atoms with Crippen molar-refractivity contribution in [3.05, 3.63) is 35.4 Å². The molecule has 0 aliphatic rings. The van der Waals surface area contributed by atoms with E-state index in [9.17, 15) is 0 Å².